The third-order valence-corrected chi connectivity index (χ3v) is 4.19. The van der Waals surface area contributed by atoms with Crippen LogP contribution in [-0.2, 0) is 22.9 Å². The van der Waals surface area contributed by atoms with E-state index in [-0.39, 0.29) is 24.4 Å². The van der Waals surface area contributed by atoms with Gasteiger partial charge in [-0.2, -0.15) is 13.2 Å². The first-order chi connectivity index (χ1) is 12.0. The Labute approximate surface area is 149 Å². The number of imidazole rings is 1. The van der Waals surface area contributed by atoms with Crippen molar-refractivity contribution >= 4 is 5.97 Å². The first-order valence-electron chi connectivity index (χ1n) is 7.94. The van der Waals surface area contributed by atoms with Crippen LogP contribution in [0.3, 0.4) is 0 Å². The highest BCUT2D eigenvalue weighted by Crippen LogP contribution is 2.33. The lowest BCUT2D eigenvalue weighted by Gasteiger charge is -2.25. The number of methoxy groups -OCH3 is 1. The summed E-state index contributed by atoms with van der Waals surface area (Å²) in [6.07, 6.45) is -4.50. The van der Waals surface area contributed by atoms with Crippen LogP contribution in [0.25, 0.3) is 0 Å². The van der Waals surface area contributed by atoms with E-state index in [4.69, 9.17) is 4.74 Å². The van der Waals surface area contributed by atoms with Crippen molar-refractivity contribution in [2.24, 2.45) is 0 Å². The Morgan fingerprint density at radius 2 is 1.88 bits per heavy atom. The van der Waals surface area contributed by atoms with Gasteiger partial charge in [0, 0.05) is 24.8 Å². The normalized spacial score (nSPS) is 12.4. The van der Waals surface area contributed by atoms with Gasteiger partial charge in [-0.05, 0) is 18.6 Å². The molecular formula is C18H21F3N2O3. The first kappa shape index (κ1) is 20.0. The Bertz CT molecular complexity index is 810. The lowest BCUT2D eigenvalue weighted by molar-refractivity contribution is -0.138. The van der Waals surface area contributed by atoms with Crippen LogP contribution < -0.4 is 0 Å². The smallest absolute Gasteiger partial charge is 0.416 e. The molecule has 8 heteroatoms. The summed E-state index contributed by atoms with van der Waals surface area (Å²) in [5.41, 5.74) is -1.25. The van der Waals surface area contributed by atoms with Gasteiger partial charge >= 0.3 is 12.1 Å². The van der Waals surface area contributed by atoms with Gasteiger partial charge in [0.05, 0.1) is 12.2 Å². The van der Waals surface area contributed by atoms with E-state index < -0.39 is 23.1 Å². The molecule has 0 fully saturated rings. The fourth-order valence-electron chi connectivity index (χ4n) is 2.98. The van der Waals surface area contributed by atoms with Gasteiger partial charge in [-0.15, -0.1) is 0 Å². The summed E-state index contributed by atoms with van der Waals surface area (Å²) in [5.74, 6) is -0.856. The lowest BCUT2D eigenvalue weighted by atomic mass is 9.93. The number of carboxylic acid groups (broad SMARTS) is 1. The third kappa shape index (κ3) is 3.90. The number of nitrogens with zero attached hydrogens (tertiary/aromatic N) is 2. The van der Waals surface area contributed by atoms with Crippen molar-refractivity contribution in [3.8, 4) is 0 Å². The number of hydrogen-bond donors (Lipinski definition) is 1. The second kappa shape index (κ2) is 7.11. The Kier molecular flexibility index (Phi) is 5.46. The second-order valence-corrected chi connectivity index (χ2v) is 6.73. The molecule has 2 rings (SSSR count). The number of benzene rings is 1. The van der Waals surface area contributed by atoms with E-state index in [0.717, 1.165) is 6.07 Å². The lowest BCUT2D eigenvalue weighted by Crippen LogP contribution is -2.29. The average molecular weight is 370 g/mol. The molecule has 1 N–H and O–H groups in total. The number of halogens is 3. The van der Waals surface area contributed by atoms with E-state index in [1.54, 1.807) is 20.8 Å². The Morgan fingerprint density at radius 1 is 1.27 bits per heavy atom. The van der Waals surface area contributed by atoms with E-state index in [0.29, 0.717) is 11.5 Å². The zero-order chi connectivity index (χ0) is 19.7. The van der Waals surface area contributed by atoms with Gasteiger partial charge < -0.3 is 14.4 Å². The van der Waals surface area contributed by atoms with Crippen molar-refractivity contribution in [1.29, 1.82) is 0 Å². The summed E-state index contributed by atoms with van der Waals surface area (Å²) in [5, 5.41) is 9.36. The molecule has 2 aromatic rings. The topological polar surface area (TPSA) is 64.3 Å². The number of hydrogen-bond acceptors (Lipinski definition) is 3. The van der Waals surface area contributed by atoms with E-state index in [1.165, 1.54) is 29.9 Å². The van der Waals surface area contributed by atoms with Gasteiger partial charge in [0.1, 0.15) is 5.82 Å². The Balaban J connectivity index is 2.62. The third-order valence-electron chi connectivity index (χ3n) is 4.19. The number of aromatic carboxylic acids is 1. The number of carboxylic acids is 1. The van der Waals surface area contributed by atoms with Gasteiger partial charge in [0.25, 0.3) is 0 Å². The molecule has 1 aromatic carbocycles. The average Bonchev–Trinajstić information content (AvgIpc) is 2.85. The Hall–Kier alpha value is -2.35. The van der Waals surface area contributed by atoms with Crippen LogP contribution in [0.15, 0.2) is 24.3 Å². The molecule has 0 atom stereocenters. The van der Waals surface area contributed by atoms with E-state index >= 15 is 0 Å². The van der Waals surface area contributed by atoms with Crippen molar-refractivity contribution < 1.29 is 27.8 Å². The van der Waals surface area contributed by atoms with Crippen LogP contribution in [0.2, 0.25) is 0 Å². The number of rotatable bonds is 6. The van der Waals surface area contributed by atoms with E-state index in [1.807, 2.05) is 0 Å². The highest BCUT2D eigenvalue weighted by Gasteiger charge is 2.35. The van der Waals surface area contributed by atoms with E-state index in [2.05, 4.69) is 4.98 Å². The predicted molar refractivity (Wildman–Crippen MR) is 89.4 cm³/mol. The minimum atomic E-state index is -4.50. The maximum Gasteiger partial charge on any atom is 0.416 e. The van der Waals surface area contributed by atoms with Crippen molar-refractivity contribution in [2.45, 2.75) is 38.9 Å². The quantitative estimate of drug-likeness (QED) is 0.838. The van der Waals surface area contributed by atoms with Crippen molar-refractivity contribution in [3.05, 3.63) is 52.6 Å². The summed E-state index contributed by atoms with van der Waals surface area (Å²) >= 11 is 0. The largest absolute Gasteiger partial charge is 0.476 e. The maximum absolute atomic E-state index is 13.3. The molecule has 0 spiro atoms. The number of carbonyl (C=O) groups is 1. The summed E-state index contributed by atoms with van der Waals surface area (Å²) < 4.78 is 46.6. The number of alkyl halides is 3. The van der Waals surface area contributed by atoms with Gasteiger partial charge in [0.2, 0.25) is 0 Å². The molecule has 0 aliphatic carbocycles. The van der Waals surface area contributed by atoms with Crippen LogP contribution in [0.4, 0.5) is 13.2 Å². The van der Waals surface area contributed by atoms with Crippen LogP contribution in [0, 0.1) is 6.92 Å². The molecule has 0 amide bonds. The highest BCUT2D eigenvalue weighted by molar-refractivity contribution is 5.86. The second-order valence-electron chi connectivity index (χ2n) is 6.73. The molecule has 0 aliphatic rings. The molecule has 5 nitrogen and oxygen atoms in total. The minimum absolute atomic E-state index is 0.0481. The zero-order valence-electron chi connectivity index (χ0n) is 15.0. The van der Waals surface area contributed by atoms with Crippen LogP contribution in [-0.4, -0.2) is 34.3 Å². The summed E-state index contributed by atoms with van der Waals surface area (Å²) in [4.78, 5) is 15.7. The van der Waals surface area contributed by atoms with Gasteiger partial charge in [-0.25, -0.2) is 9.78 Å². The van der Waals surface area contributed by atoms with E-state index in [9.17, 15) is 23.1 Å². The van der Waals surface area contributed by atoms with Gasteiger partial charge in [-0.3, -0.25) is 0 Å². The monoisotopic (exact) mass is 370 g/mol. The maximum atomic E-state index is 13.3. The molecule has 0 unspecified atom stereocenters. The molecule has 0 saturated heterocycles. The van der Waals surface area contributed by atoms with Crippen LogP contribution in [0.1, 0.15) is 47.0 Å². The molecule has 142 valence electrons. The number of aromatic nitrogens is 2. The standard InChI is InChI=1S/C18H21F3N2O3/c1-11-14(15(24)25)22-16(17(2,3)10-26-4)23(11)9-12-7-5-6-8-13(12)18(19,20)21/h5-8H,9-10H2,1-4H3,(H,24,25). The Morgan fingerprint density at radius 3 is 2.42 bits per heavy atom. The molecule has 26 heavy (non-hydrogen) atoms. The highest BCUT2D eigenvalue weighted by atomic mass is 19.4. The molecule has 0 saturated carbocycles. The predicted octanol–water partition coefficient (Wildman–Crippen LogP) is 3.88. The minimum Gasteiger partial charge on any atom is -0.476 e. The van der Waals surface area contributed by atoms with Crippen molar-refractivity contribution in [3.63, 3.8) is 0 Å². The van der Waals surface area contributed by atoms with Crippen LogP contribution >= 0.6 is 0 Å². The summed E-state index contributed by atoms with van der Waals surface area (Å²) in [6.45, 7) is 5.25. The van der Waals surface area contributed by atoms with Gasteiger partial charge in [0.15, 0.2) is 5.69 Å². The molecular weight excluding hydrogens is 349 g/mol. The van der Waals surface area contributed by atoms with Gasteiger partial charge in [-0.1, -0.05) is 32.0 Å². The molecule has 1 heterocycles. The molecule has 0 aliphatic heterocycles. The van der Waals surface area contributed by atoms with Crippen molar-refractivity contribution in [1.82, 2.24) is 9.55 Å². The summed E-state index contributed by atoms with van der Waals surface area (Å²) in [7, 11) is 1.50. The fourth-order valence-corrected chi connectivity index (χ4v) is 2.98. The number of ether oxygens (including phenoxy) is 1. The molecule has 1 aromatic heterocycles. The first-order valence-corrected chi connectivity index (χ1v) is 7.94. The fraction of sp³-hybridized carbons (Fsp3) is 0.444. The summed E-state index contributed by atoms with van der Waals surface area (Å²) in [6, 6.07) is 5.25. The van der Waals surface area contributed by atoms with Crippen molar-refractivity contribution in [2.75, 3.05) is 13.7 Å². The van der Waals surface area contributed by atoms with Crippen LogP contribution in [0.5, 0.6) is 0 Å². The zero-order valence-corrected chi connectivity index (χ0v) is 15.0. The SMILES string of the molecule is COCC(C)(C)c1nc(C(=O)O)c(C)n1Cc1ccccc1C(F)(F)F. The molecule has 0 bridgehead atoms. The molecule has 0 radical (unpaired) electrons.